The molecular weight excluding hydrogens is 378 g/mol. The fourth-order valence-electron chi connectivity index (χ4n) is 2.22. The van der Waals surface area contributed by atoms with Gasteiger partial charge in [0.1, 0.15) is 17.7 Å². The van der Waals surface area contributed by atoms with Crippen LogP contribution in [0.25, 0.3) is 0 Å². The molecule has 9 heteroatoms. The lowest BCUT2D eigenvalue weighted by Gasteiger charge is -2.36. The third kappa shape index (κ3) is 4.27. The summed E-state index contributed by atoms with van der Waals surface area (Å²) in [5.41, 5.74) is 0.166. The maximum absolute atomic E-state index is 12.5. The highest BCUT2D eigenvalue weighted by atomic mass is 32.3. The van der Waals surface area contributed by atoms with Crippen molar-refractivity contribution >= 4 is 43.1 Å². The van der Waals surface area contributed by atoms with Crippen molar-refractivity contribution < 1.29 is 23.3 Å². The summed E-state index contributed by atoms with van der Waals surface area (Å²) in [7, 11) is -1.89. The highest BCUT2D eigenvalue weighted by Crippen LogP contribution is 2.48. The summed E-state index contributed by atoms with van der Waals surface area (Å²) in [6.07, 6.45) is 0.375. The first kappa shape index (κ1) is 20.8. The summed E-state index contributed by atoms with van der Waals surface area (Å²) in [4.78, 5) is 25.7. The molecule has 1 unspecified atom stereocenters. The molecule has 0 spiro atoms. The Morgan fingerprint density at radius 1 is 1.40 bits per heavy atom. The van der Waals surface area contributed by atoms with Gasteiger partial charge in [0.25, 0.3) is 0 Å². The summed E-state index contributed by atoms with van der Waals surface area (Å²) in [6.45, 7) is 12.9. The van der Waals surface area contributed by atoms with Crippen molar-refractivity contribution in [1.29, 1.82) is 0 Å². The Morgan fingerprint density at radius 2 is 2.04 bits per heavy atom. The number of esters is 1. The molecule has 25 heavy (non-hydrogen) atoms. The van der Waals surface area contributed by atoms with Crippen LogP contribution in [0.4, 0.5) is 0 Å². The number of thioether (sulfide) groups is 1. The van der Waals surface area contributed by atoms with E-state index in [4.69, 9.17) is 9.16 Å². The zero-order chi connectivity index (χ0) is 19.0. The lowest BCUT2D eigenvalue weighted by molar-refractivity contribution is -0.149. The van der Waals surface area contributed by atoms with Gasteiger partial charge in [0, 0.05) is 0 Å². The van der Waals surface area contributed by atoms with Gasteiger partial charge < -0.3 is 13.7 Å². The van der Waals surface area contributed by atoms with Crippen LogP contribution in [-0.2, 0) is 29.9 Å². The second kappa shape index (κ2) is 7.64. The van der Waals surface area contributed by atoms with Gasteiger partial charge in [-0.25, -0.2) is 4.79 Å². The Morgan fingerprint density at radius 3 is 2.56 bits per heavy atom. The lowest BCUT2D eigenvalue weighted by atomic mass is 10.2. The van der Waals surface area contributed by atoms with Crippen molar-refractivity contribution in [3.8, 4) is 0 Å². The van der Waals surface area contributed by atoms with Crippen LogP contribution in [0.5, 0.6) is 0 Å². The van der Waals surface area contributed by atoms with Gasteiger partial charge in [0.15, 0.2) is 14.0 Å². The van der Waals surface area contributed by atoms with Crippen LogP contribution in [-0.4, -0.2) is 54.0 Å². The zero-order valence-electron chi connectivity index (χ0n) is 15.7. The molecule has 0 bridgehead atoms. The number of hydrogen-bond acceptors (Lipinski definition) is 6. The predicted molar refractivity (Wildman–Crippen MR) is 103 cm³/mol. The SMILES string of the molecule is CC[S+]([O-])C1=C(C(=O)OCCO[Si](C)(C)C(C)(C)C)N2C(=O)C[C@@H]2S1. The smallest absolute Gasteiger partial charge is 0.361 e. The molecule has 1 fully saturated rings. The average molecular weight is 406 g/mol. The molecule has 0 aromatic rings. The third-order valence-electron chi connectivity index (χ3n) is 4.83. The van der Waals surface area contributed by atoms with Crippen molar-refractivity contribution in [3.05, 3.63) is 9.93 Å². The number of β-lactam (4-membered cyclic amide) rings is 1. The van der Waals surface area contributed by atoms with Gasteiger partial charge in [-0.05, 0) is 48.0 Å². The molecule has 2 atom stereocenters. The second-order valence-electron chi connectivity index (χ2n) is 7.56. The first-order valence-corrected chi connectivity index (χ1v) is 13.5. The fraction of sp³-hybridized carbons (Fsp3) is 0.750. The quantitative estimate of drug-likeness (QED) is 0.213. The van der Waals surface area contributed by atoms with E-state index in [1.54, 1.807) is 6.92 Å². The predicted octanol–water partition coefficient (Wildman–Crippen LogP) is 2.79. The third-order valence-corrected chi connectivity index (χ3v) is 12.4. The van der Waals surface area contributed by atoms with Crippen molar-refractivity contribution in [2.24, 2.45) is 0 Å². The van der Waals surface area contributed by atoms with E-state index < -0.39 is 25.5 Å². The number of rotatable bonds is 7. The van der Waals surface area contributed by atoms with Crippen LogP contribution >= 0.6 is 11.8 Å². The largest absolute Gasteiger partial charge is 0.611 e. The highest BCUT2D eigenvalue weighted by Gasteiger charge is 2.52. The molecule has 0 aliphatic carbocycles. The van der Waals surface area contributed by atoms with E-state index in [0.717, 1.165) is 0 Å². The monoisotopic (exact) mass is 405 g/mol. The first-order chi connectivity index (χ1) is 11.5. The van der Waals surface area contributed by atoms with Crippen LogP contribution in [0.1, 0.15) is 34.1 Å². The topological polar surface area (TPSA) is 78.9 Å². The first-order valence-electron chi connectivity index (χ1n) is 8.42. The number of nitrogens with zero attached hydrogens (tertiary/aromatic N) is 1. The number of fused-ring (bicyclic) bond motifs is 1. The lowest BCUT2D eigenvalue weighted by Crippen LogP contribution is -2.48. The van der Waals surface area contributed by atoms with E-state index >= 15 is 0 Å². The van der Waals surface area contributed by atoms with Gasteiger partial charge in [-0.2, -0.15) is 0 Å². The summed E-state index contributed by atoms with van der Waals surface area (Å²) < 4.78 is 24.0. The van der Waals surface area contributed by atoms with Gasteiger partial charge in [-0.3, -0.25) is 9.69 Å². The van der Waals surface area contributed by atoms with Crippen molar-refractivity contribution in [2.75, 3.05) is 19.0 Å². The minimum Gasteiger partial charge on any atom is -0.611 e. The van der Waals surface area contributed by atoms with Gasteiger partial charge in [-0.1, -0.05) is 20.8 Å². The van der Waals surface area contributed by atoms with Crippen LogP contribution in [0.15, 0.2) is 9.93 Å². The molecule has 1 saturated heterocycles. The zero-order valence-corrected chi connectivity index (χ0v) is 18.3. The molecule has 0 aromatic heterocycles. The summed E-state index contributed by atoms with van der Waals surface area (Å²) >= 11 is 0.0605. The number of hydrogen-bond donors (Lipinski definition) is 0. The fourth-order valence-corrected chi connectivity index (χ4v) is 6.12. The number of carbonyl (C=O) groups excluding carboxylic acids is 2. The summed E-state index contributed by atoms with van der Waals surface area (Å²) in [5.74, 6) is -0.300. The molecular formula is C16H27NO5S2Si. The van der Waals surface area contributed by atoms with Crippen LogP contribution in [0, 0.1) is 0 Å². The van der Waals surface area contributed by atoms with Gasteiger partial charge in [0.05, 0.1) is 13.0 Å². The minimum absolute atomic E-state index is 0.0874. The van der Waals surface area contributed by atoms with Crippen LogP contribution < -0.4 is 0 Å². The molecule has 142 valence electrons. The minimum atomic E-state index is -1.89. The molecule has 2 aliphatic heterocycles. The number of carbonyl (C=O) groups is 2. The molecule has 6 nitrogen and oxygen atoms in total. The van der Waals surface area contributed by atoms with Gasteiger partial charge >= 0.3 is 5.97 Å². The van der Waals surface area contributed by atoms with Gasteiger partial charge in [-0.15, -0.1) is 0 Å². The normalized spacial score (nSPS) is 22.0. The molecule has 2 heterocycles. The average Bonchev–Trinajstić information content (AvgIpc) is 2.82. The van der Waals surface area contributed by atoms with E-state index in [2.05, 4.69) is 33.9 Å². The number of ether oxygens (including phenoxy) is 1. The van der Waals surface area contributed by atoms with Crippen molar-refractivity contribution in [3.63, 3.8) is 0 Å². The Hall–Kier alpha value is -0.483. The summed E-state index contributed by atoms with van der Waals surface area (Å²) in [5, 5.41) is -0.0200. The van der Waals surface area contributed by atoms with Crippen LogP contribution in [0.2, 0.25) is 18.1 Å². The Kier molecular flexibility index (Phi) is 6.36. The highest BCUT2D eigenvalue weighted by molar-refractivity contribution is 8.19. The van der Waals surface area contributed by atoms with E-state index in [9.17, 15) is 14.1 Å². The van der Waals surface area contributed by atoms with Crippen molar-refractivity contribution in [1.82, 2.24) is 4.90 Å². The van der Waals surface area contributed by atoms with E-state index in [-0.39, 0.29) is 28.6 Å². The standard InChI is InChI=1S/C16H27NO5S2Si/c1-7-24(20)15-13(17-11(18)10-12(17)23-15)14(19)21-8-9-22-25(5,6)16(2,3)4/h12H,7-10H2,1-6H3/t12-,24?/m0/s1. The molecule has 1 amide bonds. The van der Waals surface area contributed by atoms with E-state index in [1.165, 1.54) is 16.7 Å². The van der Waals surface area contributed by atoms with Gasteiger partial charge in [0.2, 0.25) is 10.1 Å². The molecule has 0 saturated carbocycles. The Labute approximate surface area is 158 Å². The maximum Gasteiger partial charge on any atom is 0.361 e. The van der Waals surface area contributed by atoms with E-state index in [0.29, 0.717) is 23.0 Å². The van der Waals surface area contributed by atoms with Crippen LogP contribution in [0.3, 0.4) is 0 Å². The van der Waals surface area contributed by atoms with Crippen molar-refractivity contribution in [2.45, 2.75) is 57.6 Å². The Bertz CT molecular complexity index is 588. The molecule has 2 rings (SSSR count). The second-order valence-corrected chi connectivity index (χ2v) is 15.5. The molecule has 2 aliphatic rings. The summed E-state index contributed by atoms with van der Waals surface area (Å²) in [6, 6.07) is 0. The van der Waals surface area contributed by atoms with E-state index in [1.807, 2.05) is 0 Å². The molecule has 0 aromatic carbocycles. The molecule has 0 radical (unpaired) electrons. The Balaban J connectivity index is 1.96. The maximum atomic E-state index is 12.5. The molecule has 0 N–H and O–H groups in total. The number of amides is 1.